The van der Waals surface area contributed by atoms with E-state index in [0.717, 1.165) is 12.1 Å². The third-order valence-corrected chi connectivity index (χ3v) is 2.92. The quantitative estimate of drug-likeness (QED) is 0.878. The Morgan fingerprint density at radius 2 is 2.11 bits per heavy atom. The molecule has 0 spiro atoms. The summed E-state index contributed by atoms with van der Waals surface area (Å²) in [5, 5.41) is 5.27. The van der Waals surface area contributed by atoms with Gasteiger partial charge in [-0.15, -0.1) is 0 Å². The van der Waals surface area contributed by atoms with Crippen LogP contribution in [0.15, 0.2) is 12.1 Å². The number of anilines is 1. The maximum absolute atomic E-state index is 13.7. The molecule has 1 heterocycles. The minimum Gasteiger partial charge on any atom is -0.381 e. The highest BCUT2D eigenvalue weighted by Crippen LogP contribution is 2.20. The molecule has 1 aliphatic heterocycles. The Bertz CT molecular complexity index is 451. The molecule has 2 rings (SSSR count). The molecule has 0 bridgehead atoms. The van der Waals surface area contributed by atoms with Crippen molar-refractivity contribution in [1.82, 2.24) is 5.32 Å². The zero-order valence-electron chi connectivity index (χ0n) is 10.6. The normalized spacial score (nSPS) is 18.4. The molecule has 1 aromatic carbocycles. The molecule has 0 radical (unpaired) electrons. The number of rotatable bonds is 4. The van der Waals surface area contributed by atoms with Crippen molar-refractivity contribution in [2.75, 3.05) is 25.1 Å². The van der Waals surface area contributed by atoms with Gasteiger partial charge in [-0.1, -0.05) is 0 Å². The summed E-state index contributed by atoms with van der Waals surface area (Å²) in [6.07, 6.45) is 0.714. The summed E-state index contributed by atoms with van der Waals surface area (Å²) in [7, 11) is 0. The lowest BCUT2D eigenvalue weighted by atomic mass is 10.1. The summed E-state index contributed by atoms with van der Waals surface area (Å²) in [6, 6.07) is 1.98. The molecule has 19 heavy (non-hydrogen) atoms. The predicted octanol–water partition coefficient (Wildman–Crippen LogP) is 1.92. The van der Waals surface area contributed by atoms with E-state index in [1.807, 2.05) is 0 Å². The van der Waals surface area contributed by atoms with Gasteiger partial charge < -0.3 is 15.4 Å². The Kier molecular flexibility index (Phi) is 4.31. The van der Waals surface area contributed by atoms with Crippen LogP contribution in [0, 0.1) is 11.6 Å². The van der Waals surface area contributed by atoms with E-state index >= 15 is 0 Å². The largest absolute Gasteiger partial charge is 0.381 e. The molecule has 6 heteroatoms. The Hall–Kier alpha value is -1.69. The lowest BCUT2D eigenvalue weighted by Gasteiger charge is -2.12. The average Bonchev–Trinajstić information content (AvgIpc) is 2.86. The number of hydrogen-bond acceptors (Lipinski definition) is 3. The van der Waals surface area contributed by atoms with Crippen LogP contribution in [-0.2, 0) is 4.74 Å². The van der Waals surface area contributed by atoms with E-state index in [9.17, 15) is 13.6 Å². The zero-order valence-corrected chi connectivity index (χ0v) is 10.6. The van der Waals surface area contributed by atoms with Crippen LogP contribution in [-0.4, -0.2) is 31.7 Å². The highest BCUT2D eigenvalue weighted by atomic mass is 19.1. The monoisotopic (exact) mass is 270 g/mol. The van der Waals surface area contributed by atoms with Gasteiger partial charge in [-0.3, -0.25) is 4.79 Å². The summed E-state index contributed by atoms with van der Waals surface area (Å²) in [4.78, 5) is 11.9. The fourth-order valence-electron chi connectivity index (χ4n) is 1.97. The van der Waals surface area contributed by atoms with Crippen LogP contribution in [0.25, 0.3) is 0 Å². The van der Waals surface area contributed by atoms with Crippen molar-refractivity contribution < 1.29 is 18.3 Å². The molecule has 0 saturated carbocycles. The number of carbonyl (C=O) groups excluding carboxylic acids is 1. The van der Waals surface area contributed by atoms with E-state index < -0.39 is 17.5 Å². The molecule has 1 fully saturated rings. The number of hydrogen-bond donors (Lipinski definition) is 2. The van der Waals surface area contributed by atoms with E-state index in [-0.39, 0.29) is 17.3 Å². The van der Waals surface area contributed by atoms with Crippen LogP contribution in [0.4, 0.5) is 14.5 Å². The number of halogens is 2. The first-order valence-corrected chi connectivity index (χ1v) is 6.23. The van der Waals surface area contributed by atoms with E-state index in [4.69, 9.17) is 4.74 Å². The van der Waals surface area contributed by atoms with Gasteiger partial charge in [-0.2, -0.15) is 0 Å². The van der Waals surface area contributed by atoms with Crippen molar-refractivity contribution in [1.29, 1.82) is 0 Å². The molecular weight excluding hydrogens is 254 g/mol. The van der Waals surface area contributed by atoms with E-state index in [0.29, 0.717) is 26.2 Å². The molecular formula is C13H16F2N2O2. The van der Waals surface area contributed by atoms with Crippen molar-refractivity contribution in [2.24, 2.45) is 0 Å². The number of benzene rings is 1. The summed E-state index contributed by atoms with van der Waals surface area (Å²) in [5.74, 6) is -2.03. The highest BCUT2D eigenvalue weighted by Gasteiger charge is 2.20. The van der Waals surface area contributed by atoms with Crippen LogP contribution >= 0.6 is 0 Å². The summed E-state index contributed by atoms with van der Waals surface area (Å²) < 4.78 is 32.4. The molecule has 1 aliphatic rings. The van der Waals surface area contributed by atoms with Gasteiger partial charge in [0.25, 0.3) is 5.91 Å². The van der Waals surface area contributed by atoms with Gasteiger partial charge in [-0.05, 0) is 25.5 Å². The SMILES string of the molecule is CCNc1c(F)cc(C(=O)NC2CCOC2)cc1F. The summed E-state index contributed by atoms with van der Waals surface area (Å²) >= 11 is 0. The first-order valence-electron chi connectivity index (χ1n) is 6.23. The molecule has 1 amide bonds. The Labute approximate surface area is 110 Å². The van der Waals surface area contributed by atoms with Gasteiger partial charge in [0, 0.05) is 18.7 Å². The minimum absolute atomic E-state index is 0.0245. The lowest BCUT2D eigenvalue weighted by Crippen LogP contribution is -2.35. The molecule has 1 saturated heterocycles. The van der Waals surface area contributed by atoms with Crippen molar-refractivity contribution in [3.63, 3.8) is 0 Å². The second-order valence-electron chi connectivity index (χ2n) is 4.38. The van der Waals surface area contributed by atoms with E-state index in [2.05, 4.69) is 10.6 Å². The number of nitrogens with one attached hydrogen (secondary N) is 2. The maximum atomic E-state index is 13.7. The van der Waals surface area contributed by atoms with Crippen LogP contribution in [0.3, 0.4) is 0 Å². The minimum atomic E-state index is -0.769. The fourth-order valence-corrected chi connectivity index (χ4v) is 1.97. The fraction of sp³-hybridized carbons (Fsp3) is 0.462. The smallest absolute Gasteiger partial charge is 0.251 e. The number of ether oxygens (including phenoxy) is 1. The zero-order chi connectivity index (χ0) is 13.8. The van der Waals surface area contributed by atoms with Gasteiger partial charge in [-0.25, -0.2) is 8.78 Å². The van der Waals surface area contributed by atoms with Crippen molar-refractivity contribution in [2.45, 2.75) is 19.4 Å². The van der Waals surface area contributed by atoms with E-state index in [1.54, 1.807) is 6.92 Å². The molecule has 104 valence electrons. The Balaban J connectivity index is 2.13. The third-order valence-electron chi connectivity index (χ3n) is 2.92. The second-order valence-corrected chi connectivity index (χ2v) is 4.38. The van der Waals surface area contributed by atoms with Gasteiger partial charge in [0.1, 0.15) is 17.3 Å². The van der Waals surface area contributed by atoms with Crippen LogP contribution in [0.5, 0.6) is 0 Å². The first-order chi connectivity index (χ1) is 9.11. The van der Waals surface area contributed by atoms with Crippen LogP contribution < -0.4 is 10.6 Å². The molecule has 0 aromatic heterocycles. The second kappa shape index (κ2) is 5.97. The molecule has 0 aliphatic carbocycles. The first kappa shape index (κ1) is 13.7. The summed E-state index contributed by atoms with van der Waals surface area (Å²) in [5.41, 5.74) is -0.230. The van der Waals surface area contributed by atoms with Crippen LogP contribution in [0.1, 0.15) is 23.7 Å². The molecule has 1 aromatic rings. The Morgan fingerprint density at radius 3 is 2.63 bits per heavy atom. The van der Waals surface area contributed by atoms with Gasteiger partial charge in [0.15, 0.2) is 0 Å². The standard InChI is InChI=1S/C13H16F2N2O2/c1-2-16-12-10(14)5-8(6-11(12)15)13(18)17-9-3-4-19-7-9/h5-6,9,16H,2-4,7H2,1H3,(H,17,18). The number of amides is 1. The van der Waals surface area contributed by atoms with Gasteiger partial charge >= 0.3 is 0 Å². The van der Waals surface area contributed by atoms with E-state index in [1.165, 1.54) is 0 Å². The van der Waals surface area contributed by atoms with Crippen molar-refractivity contribution in [3.8, 4) is 0 Å². The van der Waals surface area contributed by atoms with Crippen molar-refractivity contribution >= 4 is 11.6 Å². The van der Waals surface area contributed by atoms with Crippen molar-refractivity contribution in [3.05, 3.63) is 29.3 Å². The lowest BCUT2D eigenvalue weighted by molar-refractivity contribution is 0.0929. The average molecular weight is 270 g/mol. The highest BCUT2D eigenvalue weighted by molar-refractivity contribution is 5.94. The van der Waals surface area contributed by atoms with Crippen LogP contribution in [0.2, 0.25) is 0 Å². The number of carbonyl (C=O) groups is 1. The van der Waals surface area contributed by atoms with Gasteiger partial charge in [0.05, 0.1) is 12.6 Å². The Morgan fingerprint density at radius 1 is 1.42 bits per heavy atom. The molecule has 4 nitrogen and oxygen atoms in total. The maximum Gasteiger partial charge on any atom is 0.251 e. The molecule has 1 atom stereocenters. The molecule has 2 N–H and O–H groups in total. The van der Waals surface area contributed by atoms with Gasteiger partial charge in [0.2, 0.25) is 0 Å². The predicted molar refractivity (Wildman–Crippen MR) is 67.2 cm³/mol. The topological polar surface area (TPSA) is 50.4 Å². The third kappa shape index (κ3) is 3.20. The summed E-state index contributed by atoms with van der Waals surface area (Å²) in [6.45, 7) is 3.16. The molecule has 1 unspecified atom stereocenters.